The molecule has 0 aromatic carbocycles. The average Bonchev–Trinajstić information content (AvgIpc) is 1.76. The van der Waals surface area contributed by atoms with Crippen LogP contribution < -0.4 is 0 Å². The summed E-state index contributed by atoms with van der Waals surface area (Å²) < 4.78 is 0. The van der Waals surface area contributed by atoms with E-state index in [1.54, 1.807) is 0 Å². The van der Waals surface area contributed by atoms with E-state index in [4.69, 9.17) is 0 Å². The summed E-state index contributed by atoms with van der Waals surface area (Å²) in [6.45, 7) is 0. The standard InChI is InChI=1S/C5H10.GeH4/c1-2-4-5-3-1;/h1-5H2;1H4. The predicted molar refractivity (Wildman–Crippen MR) is 34.4 cm³/mol. The van der Waals surface area contributed by atoms with E-state index in [0.29, 0.717) is 0 Å². The topological polar surface area (TPSA) is 0 Å². The van der Waals surface area contributed by atoms with E-state index in [1.807, 2.05) is 0 Å². The normalized spacial score (nSPS) is 20.0. The van der Waals surface area contributed by atoms with Gasteiger partial charge in [0.1, 0.15) is 0 Å². The molecule has 1 rings (SSSR count). The predicted octanol–water partition coefficient (Wildman–Crippen LogP) is 0.499. The molecule has 6 heavy (non-hydrogen) atoms. The molecular formula is C5H14Ge. The molecule has 0 spiro atoms. The Morgan fingerprint density at radius 1 is 0.500 bits per heavy atom. The van der Waals surface area contributed by atoms with E-state index in [-0.39, 0.29) is 17.6 Å². The van der Waals surface area contributed by atoms with Gasteiger partial charge in [0.2, 0.25) is 0 Å². The van der Waals surface area contributed by atoms with Crippen LogP contribution in [0.15, 0.2) is 0 Å². The maximum absolute atomic E-state index is 1.50. The van der Waals surface area contributed by atoms with Crippen molar-refractivity contribution < 1.29 is 0 Å². The summed E-state index contributed by atoms with van der Waals surface area (Å²) >= 11 is 0. The second-order valence-electron chi connectivity index (χ2n) is 1.77. The molecule has 1 aliphatic carbocycles. The van der Waals surface area contributed by atoms with Crippen LogP contribution in [0, 0.1) is 0 Å². The molecule has 0 amide bonds. The van der Waals surface area contributed by atoms with Gasteiger partial charge in [-0.05, 0) is 0 Å². The van der Waals surface area contributed by atoms with Gasteiger partial charge in [-0.3, -0.25) is 0 Å². The van der Waals surface area contributed by atoms with Gasteiger partial charge in [0.05, 0.1) is 0 Å². The van der Waals surface area contributed by atoms with E-state index in [0.717, 1.165) is 0 Å². The van der Waals surface area contributed by atoms with E-state index in [9.17, 15) is 0 Å². The molecule has 0 unspecified atom stereocenters. The Labute approximate surface area is 50.3 Å². The first-order valence-corrected chi connectivity index (χ1v) is 2.50. The Hall–Kier alpha value is 0.543. The van der Waals surface area contributed by atoms with Gasteiger partial charge in [-0.15, -0.1) is 0 Å². The SMILES string of the molecule is C1CCCC1.[GeH4]. The second kappa shape index (κ2) is 3.72. The van der Waals surface area contributed by atoms with Gasteiger partial charge >= 0.3 is 17.6 Å². The van der Waals surface area contributed by atoms with Crippen molar-refractivity contribution in [2.75, 3.05) is 0 Å². The zero-order valence-corrected chi connectivity index (χ0v) is 3.54. The van der Waals surface area contributed by atoms with Gasteiger partial charge < -0.3 is 0 Å². The van der Waals surface area contributed by atoms with Crippen LogP contribution in [-0.2, 0) is 0 Å². The summed E-state index contributed by atoms with van der Waals surface area (Å²) in [4.78, 5) is 0. The molecule has 0 bridgehead atoms. The van der Waals surface area contributed by atoms with Crippen LogP contribution in [0.3, 0.4) is 0 Å². The molecule has 38 valence electrons. The van der Waals surface area contributed by atoms with Gasteiger partial charge in [0.15, 0.2) is 0 Å². The van der Waals surface area contributed by atoms with Crippen LogP contribution in [-0.4, -0.2) is 17.6 Å². The van der Waals surface area contributed by atoms with Crippen LogP contribution in [0.4, 0.5) is 0 Å². The molecule has 0 nitrogen and oxygen atoms in total. The summed E-state index contributed by atoms with van der Waals surface area (Å²) in [7, 11) is 0. The zero-order chi connectivity index (χ0) is 3.54. The Morgan fingerprint density at radius 3 is 0.833 bits per heavy atom. The third-order valence-electron chi connectivity index (χ3n) is 1.25. The maximum atomic E-state index is 1.50. The molecule has 0 N–H and O–H groups in total. The van der Waals surface area contributed by atoms with Crippen molar-refractivity contribution in [3.63, 3.8) is 0 Å². The van der Waals surface area contributed by atoms with Crippen molar-refractivity contribution >= 4 is 17.6 Å². The van der Waals surface area contributed by atoms with Crippen LogP contribution in [0.5, 0.6) is 0 Å². The first-order chi connectivity index (χ1) is 2.50. The van der Waals surface area contributed by atoms with Crippen molar-refractivity contribution in [1.29, 1.82) is 0 Å². The van der Waals surface area contributed by atoms with Crippen LogP contribution in [0.2, 0.25) is 0 Å². The van der Waals surface area contributed by atoms with E-state index >= 15 is 0 Å². The molecule has 0 aromatic heterocycles. The molecule has 1 heteroatoms. The molecule has 0 aromatic rings. The summed E-state index contributed by atoms with van der Waals surface area (Å²) in [6, 6.07) is 0. The number of hydrogen-bond donors (Lipinski definition) is 0. The molecular weight excluding hydrogens is 133 g/mol. The molecule has 1 aliphatic rings. The number of hydrogen-bond acceptors (Lipinski definition) is 0. The van der Waals surface area contributed by atoms with E-state index < -0.39 is 0 Å². The molecule has 0 aliphatic heterocycles. The summed E-state index contributed by atoms with van der Waals surface area (Å²) in [5.41, 5.74) is 0. The second-order valence-corrected chi connectivity index (χ2v) is 1.77. The van der Waals surface area contributed by atoms with Crippen LogP contribution >= 0.6 is 0 Å². The summed E-state index contributed by atoms with van der Waals surface area (Å²) in [6.07, 6.45) is 7.50. The Kier molecular flexibility index (Phi) is 4.06. The quantitative estimate of drug-likeness (QED) is 0.437. The van der Waals surface area contributed by atoms with Gasteiger partial charge in [0, 0.05) is 0 Å². The summed E-state index contributed by atoms with van der Waals surface area (Å²) in [5.74, 6) is 0. The molecule has 0 atom stereocenters. The van der Waals surface area contributed by atoms with E-state index in [1.165, 1.54) is 32.1 Å². The van der Waals surface area contributed by atoms with Crippen molar-refractivity contribution in [3.05, 3.63) is 0 Å². The molecule has 0 heterocycles. The minimum absolute atomic E-state index is 0. The molecule has 1 saturated carbocycles. The fourth-order valence-corrected chi connectivity index (χ4v) is 0.884. The molecule has 1 fully saturated rings. The van der Waals surface area contributed by atoms with Gasteiger partial charge in [-0.25, -0.2) is 0 Å². The molecule has 0 saturated heterocycles. The van der Waals surface area contributed by atoms with Gasteiger partial charge in [-0.1, -0.05) is 32.1 Å². The molecule has 0 radical (unpaired) electrons. The first-order valence-electron chi connectivity index (χ1n) is 2.50. The third-order valence-corrected chi connectivity index (χ3v) is 1.25. The first kappa shape index (κ1) is 6.54. The fraction of sp³-hybridized carbons (Fsp3) is 1.00. The van der Waals surface area contributed by atoms with Crippen molar-refractivity contribution in [2.24, 2.45) is 0 Å². The zero-order valence-electron chi connectivity index (χ0n) is 3.54. The monoisotopic (exact) mass is 148 g/mol. The van der Waals surface area contributed by atoms with Crippen LogP contribution in [0.25, 0.3) is 0 Å². The van der Waals surface area contributed by atoms with Crippen molar-refractivity contribution in [1.82, 2.24) is 0 Å². The number of rotatable bonds is 0. The Morgan fingerprint density at radius 2 is 0.667 bits per heavy atom. The van der Waals surface area contributed by atoms with E-state index in [2.05, 4.69) is 0 Å². The van der Waals surface area contributed by atoms with Gasteiger partial charge in [-0.2, -0.15) is 0 Å². The van der Waals surface area contributed by atoms with Crippen LogP contribution in [0.1, 0.15) is 32.1 Å². The van der Waals surface area contributed by atoms with Gasteiger partial charge in [0.25, 0.3) is 0 Å². The van der Waals surface area contributed by atoms with Crippen molar-refractivity contribution in [2.45, 2.75) is 32.1 Å². The fourth-order valence-electron chi connectivity index (χ4n) is 0.884. The average molecular weight is 147 g/mol. The third kappa shape index (κ3) is 1.86. The minimum atomic E-state index is 0. The van der Waals surface area contributed by atoms with Crippen molar-refractivity contribution in [3.8, 4) is 0 Å². The summed E-state index contributed by atoms with van der Waals surface area (Å²) in [5, 5.41) is 0. The Balaban J connectivity index is 0.000000250. The Bertz CT molecular complexity index is 15.5.